The van der Waals surface area contributed by atoms with Crippen LogP contribution in [0.1, 0.15) is 37.9 Å². The second-order valence-corrected chi connectivity index (χ2v) is 9.24. The Balaban J connectivity index is 1.66. The standard InChI is InChI=1S/C23H27BrN10O4/c1-12(24)20(35)28-13-8-16(33(3)10-13)22(37)30-19-9-17(34(4)31-19)23(38)29-14-7-15(32(2)11-14)21(36)27-6-5-18(25)26/h7-11H,1,5-6H2,2-4H3,(H3,25,26)(H,27,36)(H,28,35)(H,29,38)(H,30,31,37). The molecule has 38 heavy (non-hydrogen) atoms. The van der Waals surface area contributed by atoms with Gasteiger partial charge in [-0.25, -0.2) is 0 Å². The number of aromatic nitrogens is 4. The number of hydrogen-bond acceptors (Lipinski definition) is 6. The monoisotopic (exact) mass is 586 g/mol. The van der Waals surface area contributed by atoms with Gasteiger partial charge in [-0.05, 0) is 28.1 Å². The highest BCUT2D eigenvalue weighted by molar-refractivity contribution is 9.12. The number of rotatable bonds is 10. The normalized spacial score (nSPS) is 10.5. The first-order valence-corrected chi connectivity index (χ1v) is 11.9. The zero-order valence-corrected chi connectivity index (χ0v) is 22.5. The van der Waals surface area contributed by atoms with Crippen LogP contribution in [0.4, 0.5) is 17.2 Å². The number of nitrogens with one attached hydrogen (secondary N) is 5. The molecule has 15 heteroatoms. The molecule has 0 atom stereocenters. The van der Waals surface area contributed by atoms with E-state index in [0.717, 1.165) is 0 Å². The lowest BCUT2D eigenvalue weighted by molar-refractivity contribution is -0.112. The van der Waals surface area contributed by atoms with Gasteiger partial charge in [-0.15, -0.1) is 0 Å². The number of anilines is 3. The van der Waals surface area contributed by atoms with Gasteiger partial charge in [-0.2, -0.15) is 5.10 Å². The van der Waals surface area contributed by atoms with Crippen molar-refractivity contribution in [2.75, 3.05) is 22.5 Å². The smallest absolute Gasteiger partial charge is 0.274 e. The Labute approximate surface area is 225 Å². The highest BCUT2D eigenvalue weighted by Crippen LogP contribution is 2.18. The van der Waals surface area contributed by atoms with E-state index in [0.29, 0.717) is 17.1 Å². The van der Waals surface area contributed by atoms with Crippen molar-refractivity contribution in [2.45, 2.75) is 6.42 Å². The van der Waals surface area contributed by atoms with Crippen molar-refractivity contribution in [1.29, 1.82) is 5.41 Å². The molecular weight excluding hydrogens is 560 g/mol. The van der Waals surface area contributed by atoms with Crippen molar-refractivity contribution in [3.8, 4) is 0 Å². The molecule has 0 spiro atoms. The predicted octanol–water partition coefficient (Wildman–Crippen LogP) is 1.50. The molecule has 0 bridgehead atoms. The van der Waals surface area contributed by atoms with Crippen molar-refractivity contribution in [3.63, 3.8) is 0 Å². The van der Waals surface area contributed by atoms with E-state index in [9.17, 15) is 19.2 Å². The molecule has 3 rings (SSSR count). The lowest BCUT2D eigenvalue weighted by atomic mass is 10.3. The Morgan fingerprint density at radius 2 is 1.47 bits per heavy atom. The average Bonchev–Trinajstić information content (AvgIpc) is 3.49. The third-order valence-corrected chi connectivity index (χ3v) is 5.63. The van der Waals surface area contributed by atoms with E-state index in [2.05, 4.69) is 48.9 Å². The first-order chi connectivity index (χ1) is 17.8. The van der Waals surface area contributed by atoms with Crippen LogP contribution in [0.2, 0.25) is 0 Å². The van der Waals surface area contributed by atoms with E-state index in [-0.39, 0.29) is 46.4 Å². The molecule has 4 amide bonds. The Hall–Kier alpha value is -4.66. The zero-order chi connectivity index (χ0) is 28.1. The number of hydrogen-bond donors (Lipinski definition) is 6. The van der Waals surface area contributed by atoms with E-state index in [1.54, 1.807) is 38.1 Å². The summed E-state index contributed by atoms with van der Waals surface area (Å²) >= 11 is 3.00. The Kier molecular flexibility index (Phi) is 8.52. The first kappa shape index (κ1) is 27.9. The van der Waals surface area contributed by atoms with E-state index in [1.807, 2.05) is 0 Å². The highest BCUT2D eigenvalue weighted by Gasteiger charge is 2.19. The average molecular weight is 587 g/mol. The molecule has 0 aromatic carbocycles. The highest BCUT2D eigenvalue weighted by atomic mass is 79.9. The molecule has 0 aliphatic rings. The van der Waals surface area contributed by atoms with Crippen LogP contribution in [0.25, 0.3) is 0 Å². The SMILES string of the molecule is C=C(Br)C(=O)Nc1cc(C(=O)Nc2cc(C(=O)Nc3cc(C(=O)NCCC(=N)N)n(C)c3)n(C)n2)n(C)c1. The van der Waals surface area contributed by atoms with Gasteiger partial charge in [0.05, 0.1) is 21.7 Å². The number of halogens is 1. The zero-order valence-electron chi connectivity index (χ0n) is 20.9. The van der Waals surface area contributed by atoms with Crippen molar-refractivity contribution >= 4 is 62.6 Å². The molecule has 0 fully saturated rings. The summed E-state index contributed by atoms with van der Waals surface area (Å²) in [6.07, 6.45) is 3.37. The van der Waals surface area contributed by atoms with Gasteiger partial charge in [0.2, 0.25) is 0 Å². The molecule has 0 saturated heterocycles. The fourth-order valence-corrected chi connectivity index (χ4v) is 3.53. The van der Waals surface area contributed by atoms with Crippen LogP contribution in [0.15, 0.2) is 41.7 Å². The predicted molar refractivity (Wildman–Crippen MR) is 146 cm³/mol. The molecule has 0 unspecified atom stereocenters. The molecule has 3 aromatic heterocycles. The van der Waals surface area contributed by atoms with Crippen molar-refractivity contribution in [3.05, 3.63) is 58.7 Å². The fraction of sp³-hybridized carbons (Fsp3) is 0.217. The maximum Gasteiger partial charge on any atom is 0.274 e. The minimum atomic E-state index is -0.506. The summed E-state index contributed by atoms with van der Waals surface area (Å²) in [6, 6.07) is 4.41. The lowest BCUT2D eigenvalue weighted by Crippen LogP contribution is -2.28. The third-order valence-electron chi connectivity index (χ3n) is 5.27. The molecule has 0 saturated carbocycles. The lowest BCUT2D eigenvalue weighted by Gasteiger charge is -2.04. The van der Waals surface area contributed by atoms with Gasteiger partial charge in [-0.3, -0.25) is 29.3 Å². The van der Waals surface area contributed by atoms with Gasteiger partial charge in [0, 0.05) is 52.6 Å². The van der Waals surface area contributed by atoms with Gasteiger partial charge in [0.15, 0.2) is 5.82 Å². The summed E-state index contributed by atoms with van der Waals surface area (Å²) in [5.74, 6) is -1.72. The van der Waals surface area contributed by atoms with Crippen LogP contribution in [0.3, 0.4) is 0 Å². The van der Waals surface area contributed by atoms with Gasteiger partial charge in [0.1, 0.15) is 17.1 Å². The van der Waals surface area contributed by atoms with Gasteiger partial charge in [-0.1, -0.05) is 6.58 Å². The number of carbonyl (C=O) groups is 4. The summed E-state index contributed by atoms with van der Waals surface area (Å²) in [6.45, 7) is 3.72. The molecular formula is C23H27BrN10O4. The molecule has 7 N–H and O–H groups in total. The second-order valence-electron chi connectivity index (χ2n) is 8.29. The van der Waals surface area contributed by atoms with Crippen LogP contribution < -0.4 is 27.0 Å². The minimum Gasteiger partial charge on any atom is -0.388 e. The summed E-state index contributed by atoms with van der Waals surface area (Å²) in [7, 11) is 4.85. The van der Waals surface area contributed by atoms with Crippen LogP contribution in [-0.4, -0.2) is 54.9 Å². The van der Waals surface area contributed by atoms with Crippen LogP contribution in [0.5, 0.6) is 0 Å². The van der Waals surface area contributed by atoms with Crippen molar-refractivity contribution in [2.24, 2.45) is 26.9 Å². The van der Waals surface area contributed by atoms with E-state index in [4.69, 9.17) is 11.1 Å². The van der Waals surface area contributed by atoms with Crippen LogP contribution in [-0.2, 0) is 25.9 Å². The molecule has 3 heterocycles. The van der Waals surface area contributed by atoms with E-state index in [1.165, 1.54) is 27.4 Å². The molecule has 3 aromatic rings. The summed E-state index contributed by atoms with van der Waals surface area (Å²) in [5, 5.41) is 22.0. The summed E-state index contributed by atoms with van der Waals surface area (Å²) in [4.78, 5) is 49.8. The summed E-state index contributed by atoms with van der Waals surface area (Å²) in [5.41, 5.74) is 6.79. The fourth-order valence-electron chi connectivity index (χ4n) is 3.43. The molecule has 14 nitrogen and oxygen atoms in total. The molecule has 0 aliphatic carbocycles. The number of nitrogens with zero attached hydrogens (tertiary/aromatic N) is 4. The molecule has 200 valence electrons. The topological polar surface area (TPSA) is 194 Å². The Bertz CT molecular complexity index is 1450. The number of nitrogens with two attached hydrogens (primary N) is 1. The molecule has 0 radical (unpaired) electrons. The number of aryl methyl sites for hydroxylation is 3. The van der Waals surface area contributed by atoms with Crippen molar-refractivity contribution in [1.82, 2.24) is 24.2 Å². The molecule has 0 aliphatic heterocycles. The van der Waals surface area contributed by atoms with Gasteiger partial charge < -0.3 is 36.1 Å². The largest absolute Gasteiger partial charge is 0.388 e. The summed E-state index contributed by atoms with van der Waals surface area (Å²) < 4.78 is 4.53. The van der Waals surface area contributed by atoms with E-state index >= 15 is 0 Å². The van der Waals surface area contributed by atoms with Gasteiger partial charge >= 0.3 is 0 Å². The van der Waals surface area contributed by atoms with Gasteiger partial charge in [0.25, 0.3) is 23.6 Å². The third kappa shape index (κ3) is 6.76. The minimum absolute atomic E-state index is 0.0318. The first-order valence-electron chi connectivity index (χ1n) is 11.1. The maximum absolute atomic E-state index is 12.9. The Morgan fingerprint density at radius 3 is 2.05 bits per heavy atom. The number of carbonyl (C=O) groups excluding carboxylic acids is 4. The second kappa shape index (κ2) is 11.6. The number of amidine groups is 1. The van der Waals surface area contributed by atoms with Crippen molar-refractivity contribution < 1.29 is 19.2 Å². The van der Waals surface area contributed by atoms with Crippen LogP contribution in [0, 0.1) is 5.41 Å². The van der Waals surface area contributed by atoms with Crippen LogP contribution >= 0.6 is 15.9 Å². The quantitative estimate of drug-likeness (QED) is 0.118. The Morgan fingerprint density at radius 1 is 0.921 bits per heavy atom. The maximum atomic E-state index is 12.9. The number of amides is 4. The van der Waals surface area contributed by atoms with E-state index < -0.39 is 17.7 Å².